The monoisotopic (exact) mass is 439 g/mol. The van der Waals surface area contributed by atoms with E-state index in [-0.39, 0.29) is 0 Å². The van der Waals surface area contributed by atoms with Crippen molar-refractivity contribution < 1.29 is 4.74 Å². The predicted octanol–water partition coefficient (Wildman–Crippen LogP) is 4.43. The lowest BCUT2D eigenvalue weighted by Gasteiger charge is -2.37. The Bertz CT molecular complexity index is 1310. The summed E-state index contributed by atoms with van der Waals surface area (Å²) in [7, 11) is 0. The Morgan fingerprint density at radius 2 is 1.73 bits per heavy atom. The van der Waals surface area contributed by atoms with Crippen LogP contribution in [-0.2, 0) is 6.42 Å². The summed E-state index contributed by atoms with van der Waals surface area (Å²) in [6.07, 6.45) is 0.878. The third-order valence-electron chi connectivity index (χ3n) is 6.65. The standard InChI is InChI=1S/C27H29N5O/c1-3-22-20(2)23(19-28)26-29-24-11-7-8-12-25(24)32(26)27(22)31-15-13-30(14-16-31)17-18-33-21-9-5-4-6-10-21/h4-12H,3,13-18H2,1-2H3. The summed E-state index contributed by atoms with van der Waals surface area (Å²) in [5.41, 5.74) is 5.73. The zero-order valence-electron chi connectivity index (χ0n) is 19.3. The Labute approximate surface area is 194 Å². The number of fused-ring (bicyclic) bond motifs is 3. The van der Waals surface area contributed by atoms with Gasteiger partial charge in [0.05, 0.1) is 16.6 Å². The van der Waals surface area contributed by atoms with E-state index in [1.807, 2.05) is 48.5 Å². The summed E-state index contributed by atoms with van der Waals surface area (Å²) >= 11 is 0. The van der Waals surface area contributed by atoms with Gasteiger partial charge in [0.25, 0.3) is 0 Å². The van der Waals surface area contributed by atoms with E-state index in [9.17, 15) is 5.26 Å². The molecular formula is C27H29N5O. The lowest BCUT2D eigenvalue weighted by Crippen LogP contribution is -2.48. The number of aromatic nitrogens is 2. The van der Waals surface area contributed by atoms with Crippen molar-refractivity contribution in [1.29, 1.82) is 5.26 Å². The number of ether oxygens (including phenoxy) is 1. The zero-order chi connectivity index (χ0) is 22.8. The average molecular weight is 440 g/mol. The van der Waals surface area contributed by atoms with Crippen molar-refractivity contribution in [3.8, 4) is 11.8 Å². The lowest BCUT2D eigenvalue weighted by molar-refractivity contribution is 0.200. The van der Waals surface area contributed by atoms with E-state index < -0.39 is 0 Å². The molecule has 0 amide bonds. The van der Waals surface area contributed by atoms with Crippen LogP contribution in [0.4, 0.5) is 5.82 Å². The molecule has 0 bridgehead atoms. The quantitative estimate of drug-likeness (QED) is 0.445. The normalized spacial score (nSPS) is 14.6. The van der Waals surface area contributed by atoms with Crippen LogP contribution in [0.1, 0.15) is 23.6 Å². The van der Waals surface area contributed by atoms with Crippen molar-refractivity contribution in [3.63, 3.8) is 0 Å². The Hall–Kier alpha value is -3.56. The second-order valence-corrected chi connectivity index (χ2v) is 8.52. The minimum Gasteiger partial charge on any atom is -0.492 e. The van der Waals surface area contributed by atoms with Crippen LogP contribution in [0.2, 0.25) is 0 Å². The summed E-state index contributed by atoms with van der Waals surface area (Å²) in [6, 6.07) is 20.6. The van der Waals surface area contributed by atoms with Gasteiger partial charge >= 0.3 is 0 Å². The number of piperazine rings is 1. The predicted molar refractivity (Wildman–Crippen MR) is 132 cm³/mol. The van der Waals surface area contributed by atoms with E-state index in [1.54, 1.807) is 0 Å². The van der Waals surface area contributed by atoms with Crippen LogP contribution in [0.3, 0.4) is 0 Å². The van der Waals surface area contributed by atoms with Crippen molar-refractivity contribution in [2.75, 3.05) is 44.2 Å². The first-order valence-electron chi connectivity index (χ1n) is 11.7. The molecule has 0 radical (unpaired) electrons. The van der Waals surface area contributed by atoms with E-state index in [2.05, 4.69) is 40.2 Å². The van der Waals surface area contributed by atoms with Crippen molar-refractivity contribution in [1.82, 2.24) is 14.3 Å². The van der Waals surface area contributed by atoms with Gasteiger partial charge in [0.15, 0.2) is 5.65 Å². The number of hydrogen-bond acceptors (Lipinski definition) is 5. The molecule has 0 aliphatic carbocycles. The average Bonchev–Trinajstić information content (AvgIpc) is 3.23. The van der Waals surface area contributed by atoms with Gasteiger partial charge in [0, 0.05) is 32.7 Å². The zero-order valence-corrected chi connectivity index (χ0v) is 19.3. The molecule has 5 rings (SSSR count). The topological polar surface area (TPSA) is 56.8 Å². The van der Waals surface area contributed by atoms with E-state index >= 15 is 0 Å². The molecule has 0 N–H and O–H groups in total. The van der Waals surface area contributed by atoms with Gasteiger partial charge in [-0.3, -0.25) is 9.30 Å². The molecule has 168 valence electrons. The summed E-state index contributed by atoms with van der Waals surface area (Å²) in [5, 5.41) is 9.93. The Morgan fingerprint density at radius 3 is 2.45 bits per heavy atom. The van der Waals surface area contributed by atoms with Gasteiger partial charge in [0.1, 0.15) is 24.2 Å². The first-order chi connectivity index (χ1) is 16.2. The van der Waals surface area contributed by atoms with E-state index in [4.69, 9.17) is 9.72 Å². The highest BCUT2D eigenvalue weighted by Crippen LogP contribution is 2.34. The number of nitrogens with zero attached hydrogens (tertiary/aromatic N) is 5. The molecule has 33 heavy (non-hydrogen) atoms. The van der Waals surface area contributed by atoms with E-state index in [1.165, 1.54) is 11.4 Å². The fourth-order valence-electron chi connectivity index (χ4n) is 4.91. The second kappa shape index (κ2) is 9.13. The summed E-state index contributed by atoms with van der Waals surface area (Å²) in [5.74, 6) is 2.11. The second-order valence-electron chi connectivity index (χ2n) is 8.52. The van der Waals surface area contributed by atoms with Gasteiger partial charge in [-0.25, -0.2) is 4.98 Å². The molecule has 1 aliphatic rings. The van der Waals surface area contributed by atoms with Gasteiger partial charge in [0.2, 0.25) is 0 Å². The van der Waals surface area contributed by atoms with Crippen molar-refractivity contribution >= 4 is 22.5 Å². The third kappa shape index (κ3) is 3.90. The summed E-state index contributed by atoms with van der Waals surface area (Å²) < 4.78 is 8.11. The van der Waals surface area contributed by atoms with E-state index in [0.29, 0.717) is 12.2 Å². The van der Waals surface area contributed by atoms with Gasteiger partial charge in [-0.1, -0.05) is 37.3 Å². The van der Waals surface area contributed by atoms with Gasteiger partial charge in [-0.2, -0.15) is 5.26 Å². The fraction of sp³-hybridized carbons (Fsp3) is 0.333. The van der Waals surface area contributed by atoms with Crippen LogP contribution in [-0.4, -0.2) is 53.6 Å². The van der Waals surface area contributed by atoms with Crippen molar-refractivity contribution in [2.24, 2.45) is 0 Å². The molecule has 0 saturated carbocycles. The van der Waals surface area contributed by atoms with Gasteiger partial charge in [-0.05, 0) is 48.7 Å². The summed E-state index contributed by atoms with van der Waals surface area (Å²) in [6.45, 7) is 9.68. The highest BCUT2D eigenvalue weighted by atomic mass is 16.5. The molecular weight excluding hydrogens is 410 g/mol. The number of rotatable bonds is 6. The largest absolute Gasteiger partial charge is 0.492 e. The highest BCUT2D eigenvalue weighted by Gasteiger charge is 2.26. The maximum Gasteiger partial charge on any atom is 0.157 e. The third-order valence-corrected chi connectivity index (χ3v) is 6.65. The molecule has 2 aromatic carbocycles. The molecule has 6 heteroatoms. The SMILES string of the molecule is CCc1c(C)c(C#N)c2nc3ccccc3n2c1N1CCN(CCOc2ccccc2)CC1. The molecule has 6 nitrogen and oxygen atoms in total. The minimum absolute atomic E-state index is 0.684. The number of hydrogen-bond donors (Lipinski definition) is 0. The van der Waals surface area contributed by atoms with Crippen LogP contribution in [0.25, 0.3) is 16.7 Å². The highest BCUT2D eigenvalue weighted by molar-refractivity contribution is 5.86. The maximum atomic E-state index is 9.93. The van der Waals surface area contributed by atoms with Gasteiger partial charge < -0.3 is 9.64 Å². The Morgan fingerprint density at radius 1 is 1.00 bits per heavy atom. The fourth-order valence-corrected chi connectivity index (χ4v) is 4.91. The number of pyridine rings is 1. The van der Waals surface area contributed by atoms with Crippen LogP contribution in [0, 0.1) is 18.3 Å². The molecule has 0 atom stereocenters. The number of para-hydroxylation sites is 3. The number of imidazole rings is 1. The smallest absolute Gasteiger partial charge is 0.157 e. The molecule has 2 aromatic heterocycles. The lowest BCUT2D eigenvalue weighted by atomic mass is 10.0. The number of benzene rings is 2. The molecule has 1 aliphatic heterocycles. The van der Waals surface area contributed by atoms with Crippen LogP contribution >= 0.6 is 0 Å². The maximum absolute atomic E-state index is 9.93. The van der Waals surface area contributed by atoms with Crippen molar-refractivity contribution in [3.05, 3.63) is 71.3 Å². The van der Waals surface area contributed by atoms with Crippen LogP contribution in [0.5, 0.6) is 5.75 Å². The number of anilines is 1. The molecule has 3 heterocycles. The Balaban J connectivity index is 1.41. The van der Waals surface area contributed by atoms with Crippen LogP contribution < -0.4 is 9.64 Å². The molecule has 4 aromatic rings. The molecule has 0 unspecified atom stereocenters. The Kier molecular flexibility index (Phi) is 5.89. The van der Waals surface area contributed by atoms with Crippen LogP contribution in [0.15, 0.2) is 54.6 Å². The first kappa shape index (κ1) is 21.3. The molecule has 0 spiro atoms. The number of nitriles is 1. The van der Waals surface area contributed by atoms with Crippen molar-refractivity contribution in [2.45, 2.75) is 20.3 Å². The minimum atomic E-state index is 0.684. The molecule has 1 saturated heterocycles. The summed E-state index contributed by atoms with van der Waals surface area (Å²) in [4.78, 5) is 9.79. The molecule has 1 fully saturated rings. The van der Waals surface area contributed by atoms with E-state index in [0.717, 1.165) is 67.1 Å². The first-order valence-corrected chi connectivity index (χ1v) is 11.7. The van der Waals surface area contributed by atoms with Gasteiger partial charge in [-0.15, -0.1) is 0 Å².